The summed E-state index contributed by atoms with van der Waals surface area (Å²) in [6, 6.07) is 17.5. The quantitative estimate of drug-likeness (QED) is 0.233. The van der Waals surface area contributed by atoms with E-state index in [0.717, 1.165) is 16.5 Å². The molecule has 0 bridgehead atoms. The van der Waals surface area contributed by atoms with Crippen molar-refractivity contribution < 1.29 is 14.1 Å². The fourth-order valence-corrected chi connectivity index (χ4v) is 4.63. The molecule has 0 spiro atoms. The molecule has 9 heteroatoms. The van der Waals surface area contributed by atoms with Crippen molar-refractivity contribution in [2.75, 3.05) is 6.54 Å². The molecule has 1 aliphatic rings. The third kappa shape index (κ3) is 4.31. The third-order valence-corrected chi connectivity index (χ3v) is 6.28. The van der Waals surface area contributed by atoms with Gasteiger partial charge in [-0.25, -0.2) is 4.99 Å². The zero-order chi connectivity index (χ0) is 22.8. The minimum atomic E-state index is -0.456. The predicted molar refractivity (Wildman–Crippen MR) is 128 cm³/mol. The number of furan rings is 1. The maximum atomic E-state index is 13.2. The second kappa shape index (κ2) is 8.79. The number of aromatic amines is 1. The number of nitrogens with one attached hydrogen (secondary N) is 1. The number of aliphatic imine (C=N–C) groups is 1. The zero-order valence-corrected chi connectivity index (χ0v) is 18.1. The Kier molecular flexibility index (Phi) is 5.54. The lowest BCUT2D eigenvalue weighted by Crippen LogP contribution is -2.31. The van der Waals surface area contributed by atoms with E-state index in [0.29, 0.717) is 34.5 Å². The highest BCUT2D eigenvalue weighted by Gasteiger charge is 2.33. The van der Waals surface area contributed by atoms with Gasteiger partial charge in [-0.3, -0.25) is 19.8 Å². The lowest BCUT2D eigenvalue weighted by atomic mass is 10.1. The van der Waals surface area contributed by atoms with Crippen LogP contribution in [0, 0.1) is 10.1 Å². The Morgan fingerprint density at radius 1 is 1.12 bits per heavy atom. The molecule has 4 aromatic rings. The number of nitro benzene ring substituents is 1. The van der Waals surface area contributed by atoms with Crippen LogP contribution in [-0.4, -0.2) is 32.4 Å². The van der Waals surface area contributed by atoms with Crippen molar-refractivity contribution >= 4 is 51.2 Å². The number of nitrogens with zero attached hydrogens (tertiary/aromatic N) is 3. The van der Waals surface area contributed by atoms with Crippen molar-refractivity contribution in [1.82, 2.24) is 9.88 Å². The van der Waals surface area contributed by atoms with Gasteiger partial charge in [-0.05, 0) is 54.1 Å². The van der Waals surface area contributed by atoms with Crippen molar-refractivity contribution in [2.24, 2.45) is 4.99 Å². The number of thioether (sulfide) groups is 1. The molecule has 1 fully saturated rings. The molecule has 33 heavy (non-hydrogen) atoms. The highest BCUT2D eigenvalue weighted by Crippen LogP contribution is 2.35. The van der Waals surface area contributed by atoms with Gasteiger partial charge in [-0.15, -0.1) is 0 Å². The van der Waals surface area contributed by atoms with Gasteiger partial charge in [0.2, 0.25) is 0 Å². The molecule has 0 unspecified atom stereocenters. The summed E-state index contributed by atoms with van der Waals surface area (Å²) in [7, 11) is 0. The van der Waals surface area contributed by atoms with Crippen molar-refractivity contribution in [3.8, 4) is 0 Å². The molecule has 1 saturated heterocycles. The summed E-state index contributed by atoms with van der Waals surface area (Å²) < 4.78 is 5.37. The average Bonchev–Trinajstić information content (AvgIpc) is 3.54. The number of carbonyl (C=O) groups is 1. The SMILES string of the molecule is O=C1/C(=C/c2ccco2)SC(=Nc2ccc([N+](=O)[O-])cc2)N1CCc1c[nH]c2ccccc12. The molecular formula is C24H18N4O4S. The van der Waals surface area contributed by atoms with Crippen LogP contribution in [0.4, 0.5) is 11.4 Å². The van der Waals surface area contributed by atoms with E-state index in [-0.39, 0.29) is 11.6 Å². The van der Waals surface area contributed by atoms with Crippen LogP contribution in [0.5, 0.6) is 0 Å². The number of rotatable bonds is 6. The van der Waals surface area contributed by atoms with E-state index < -0.39 is 4.92 Å². The Morgan fingerprint density at radius 2 is 1.94 bits per heavy atom. The number of amidine groups is 1. The normalized spacial score (nSPS) is 16.4. The summed E-state index contributed by atoms with van der Waals surface area (Å²) in [4.78, 5) is 33.7. The summed E-state index contributed by atoms with van der Waals surface area (Å²) in [6.07, 6.45) is 5.86. The third-order valence-electron chi connectivity index (χ3n) is 5.27. The molecule has 1 aliphatic heterocycles. The van der Waals surface area contributed by atoms with Crippen LogP contribution in [0.15, 0.2) is 87.4 Å². The molecule has 0 aliphatic carbocycles. The fourth-order valence-electron chi connectivity index (χ4n) is 3.62. The summed E-state index contributed by atoms with van der Waals surface area (Å²) in [6.45, 7) is 0.439. The van der Waals surface area contributed by atoms with E-state index in [1.165, 1.54) is 23.9 Å². The van der Waals surface area contributed by atoms with Gasteiger partial charge in [0.15, 0.2) is 5.17 Å². The van der Waals surface area contributed by atoms with Crippen molar-refractivity contribution in [1.29, 1.82) is 0 Å². The van der Waals surface area contributed by atoms with Gasteiger partial charge in [0, 0.05) is 41.9 Å². The molecule has 1 N–H and O–H groups in total. The number of carbonyl (C=O) groups excluding carboxylic acids is 1. The Labute approximate surface area is 192 Å². The van der Waals surface area contributed by atoms with Crippen LogP contribution in [0.3, 0.4) is 0 Å². The molecule has 8 nitrogen and oxygen atoms in total. The van der Waals surface area contributed by atoms with Gasteiger partial charge < -0.3 is 9.40 Å². The number of aromatic nitrogens is 1. The lowest BCUT2D eigenvalue weighted by Gasteiger charge is -2.15. The molecule has 0 radical (unpaired) electrons. The number of benzene rings is 2. The van der Waals surface area contributed by atoms with Gasteiger partial charge in [-0.2, -0.15) is 0 Å². The highest BCUT2D eigenvalue weighted by molar-refractivity contribution is 8.18. The number of para-hydroxylation sites is 1. The zero-order valence-electron chi connectivity index (χ0n) is 17.3. The van der Waals surface area contributed by atoms with Crippen molar-refractivity contribution in [3.63, 3.8) is 0 Å². The lowest BCUT2D eigenvalue weighted by molar-refractivity contribution is -0.384. The van der Waals surface area contributed by atoms with Crippen LogP contribution in [0.2, 0.25) is 0 Å². The van der Waals surface area contributed by atoms with Crippen molar-refractivity contribution in [3.05, 3.63) is 99.5 Å². The maximum absolute atomic E-state index is 13.2. The Bertz CT molecular complexity index is 1390. The molecule has 2 aromatic heterocycles. The largest absolute Gasteiger partial charge is 0.465 e. The molecule has 2 aromatic carbocycles. The summed E-state index contributed by atoms with van der Waals surface area (Å²) in [5.74, 6) is 0.427. The minimum Gasteiger partial charge on any atom is -0.465 e. The van der Waals surface area contributed by atoms with E-state index in [1.807, 2.05) is 24.4 Å². The van der Waals surface area contributed by atoms with E-state index in [2.05, 4.69) is 16.0 Å². The van der Waals surface area contributed by atoms with Crippen molar-refractivity contribution in [2.45, 2.75) is 6.42 Å². The molecule has 0 saturated carbocycles. The van der Waals surface area contributed by atoms with Gasteiger partial charge in [0.05, 0.1) is 21.8 Å². The summed E-state index contributed by atoms with van der Waals surface area (Å²) in [5.41, 5.74) is 2.69. The number of H-pyrrole nitrogens is 1. The van der Waals surface area contributed by atoms with Gasteiger partial charge in [-0.1, -0.05) is 18.2 Å². The maximum Gasteiger partial charge on any atom is 0.269 e. The average molecular weight is 458 g/mol. The number of non-ortho nitro benzene ring substituents is 1. The number of hydrogen-bond acceptors (Lipinski definition) is 6. The number of nitro groups is 1. The Morgan fingerprint density at radius 3 is 2.70 bits per heavy atom. The molecule has 0 atom stereocenters. The first-order valence-electron chi connectivity index (χ1n) is 10.2. The second-order valence-electron chi connectivity index (χ2n) is 7.36. The Hall–Kier alpha value is -4.11. The van der Waals surface area contributed by atoms with Gasteiger partial charge in [0.1, 0.15) is 5.76 Å². The minimum absolute atomic E-state index is 0.0105. The highest BCUT2D eigenvalue weighted by atomic mass is 32.2. The van der Waals surface area contributed by atoms with Gasteiger partial charge in [0.25, 0.3) is 11.6 Å². The first-order chi connectivity index (χ1) is 16.1. The van der Waals surface area contributed by atoms with Crippen LogP contribution >= 0.6 is 11.8 Å². The standard InChI is InChI=1S/C24H18N4O4S/c29-23-22(14-19-4-3-13-32-19)33-24(26-17-7-9-18(10-8-17)28(30)31)27(23)12-11-16-15-25-21-6-2-1-5-20(16)21/h1-10,13-15,25H,11-12H2/b22-14-,26-24?. The first kappa shape index (κ1) is 20.8. The van der Waals surface area contributed by atoms with Crippen LogP contribution in [-0.2, 0) is 11.2 Å². The van der Waals surface area contributed by atoms with Crippen LogP contribution in [0.25, 0.3) is 17.0 Å². The molecule has 164 valence electrons. The van der Waals surface area contributed by atoms with Crippen LogP contribution < -0.4 is 0 Å². The van der Waals surface area contributed by atoms with E-state index in [9.17, 15) is 14.9 Å². The van der Waals surface area contributed by atoms with E-state index >= 15 is 0 Å². The van der Waals surface area contributed by atoms with E-state index in [1.54, 1.807) is 41.5 Å². The number of amides is 1. The molecule has 5 rings (SSSR count). The molecule has 1 amide bonds. The molecule has 3 heterocycles. The van der Waals surface area contributed by atoms with Gasteiger partial charge >= 0.3 is 0 Å². The topological polar surface area (TPSA) is 105 Å². The summed E-state index contributed by atoms with van der Waals surface area (Å²) in [5, 5.41) is 12.6. The number of hydrogen-bond donors (Lipinski definition) is 1. The Balaban J connectivity index is 1.44. The first-order valence-corrected chi connectivity index (χ1v) is 11.0. The molecular weight excluding hydrogens is 440 g/mol. The summed E-state index contributed by atoms with van der Waals surface area (Å²) >= 11 is 1.26. The second-order valence-corrected chi connectivity index (χ2v) is 8.37. The predicted octanol–water partition coefficient (Wildman–Crippen LogP) is 5.52. The fraction of sp³-hybridized carbons (Fsp3) is 0.0833. The number of fused-ring (bicyclic) bond motifs is 1. The van der Waals surface area contributed by atoms with Crippen LogP contribution in [0.1, 0.15) is 11.3 Å². The smallest absolute Gasteiger partial charge is 0.269 e. The van der Waals surface area contributed by atoms with E-state index in [4.69, 9.17) is 4.42 Å². The monoisotopic (exact) mass is 458 g/mol.